The van der Waals surface area contributed by atoms with Crippen molar-refractivity contribution in [1.29, 1.82) is 0 Å². The fourth-order valence-electron chi connectivity index (χ4n) is 1.90. The molecule has 0 spiro atoms. The van der Waals surface area contributed by atoms with Gasteiger partial charge < -0.3 is 5.11 Å². The number of hydrogen-bond donors (Lipinski definition) is 1. The Balaban J connectivity index is 2.06. The summed E-state index contributed by atoms with van der Waals surface area (Å²) in [5.74, 6) is 0.560. The number of thiazole rings is 1. The van der Waals surface area contributed by atoms with E-state index in [1.165, 1.54) is 12.8 Å². The second-order valence-electron chi connectivity index (χ2n) is 4.24. The summed E-state index contributed by atoms with van der Waals surface area (Å²) in [6.07, 6.45) is 2.39. The zero-order valence-corrected chi connectivity index (χ0v) is 10.8. The molecule has 1 fully saturated rings. The molecule has 2 nitrogen and oxygen atoms in total. The van der Waals surface area contributed by atoms with Crippen LogP contribution in [0.3, 0.4) is 0 Å². The van der Waals surface area contributed by atoms with Crippen molar-refractivity contribution in [3.63, 3.8) is 0 Å². The lowest BCUT2D eigenvalue weighted by molar-refractivity contribution is 0.284. The molecule has 0 atom stereocenters. The van der Waals surface area contributed by atoms with Crippen molar-refractivity contribution in [3.05, 3.63) is 39.9 Å². The molecule has 3 rings (SSSR count). The summed E-state index contributed by atoms with van der Waals surface area (Å²) in [6.45, 7) is 0.0773. The van der Waals surface area contributed by atoms with Gasteiger partial charge in [0.05, 0.1) is 22.2 Å². The van der Waals surface area contributed by atoms with Crippen LogP contribution in [0.15, 0.2) is 24.3 Å². The third-order valence-corrected chi connectivity index (χ3v) is 4.36. The van der Waals surface area contributed by atoms with Gasteiger partial charge in [-0.25, -0.2) is 4.98 Å². The lowest BCUT2D eigenvalue weighted by Crippen LogP contribution is -1.87. The van der Waals surface area contributed by atoms with Gasteiger partial charge in [-0.05, 0) is 18.9 Å². The molecular formula is C13H12ClNOS. The van der Waals surface area contributed by atoms with Gasteiger partial charge in [-0.1, -0.05) is 29.8 Å². The fourth-order valence-corrected chi connectivity index (χ4v) is 3.23. The molecule has 0 radical (unpaired) electrons. The summed E-state index contributed by atoms with van der Waals surface area (Å²) in [4.78, 5) is 5.64. The van der Waals surface area contributed by atoms with Crippen LogP contribution in [0.5, 0.6) is 0 Å². The topological polar surface area (TPSA) is 33.1 Å². The van der Waals surface area contributed by atoms with Crippen LogP contribution in [-0.2, 0) is 6.61 Å². The maximum atomic E-state index is 9.36. The Morgan fingerprint density at radius 2 is 2.12 bits per heavy atom. The summed E-state index contributed by atoms with van der Waals surface area (Å²) >= 11 is 7.71. The molecule has 17 heavy (non-hydrogen) atoms. The van der Waals surface area contributed by atoms with Gasteiger partial charge in [-0.2, -0.15) is 0 Å². The molecule has 1 aliphatic rings. The number of benzene rings is 1. The predicted octanol–water partition coefficient (Wildman–Crippen LogP) is 3.83. The monoisotopic (exact) mass is 265 g/mol. The Labute approximate surface area is 109 Å². The van der Waals surface area contributed by atoms with Gasteiger partial charge in [0.15, 0.2) is 0 Å². The number of hydrogen-bond acceptors (Lipinski definition) is 3. The molecule has 0 aliphatic heterocycles. The van der Waals surface area contributed by atoms with E-state index in [-0.39, 0.29) is 6.61 Å². The highest BCUT2D eigenvalue weighted by Crippen LogP contribution is 2.44. The van der Waals surface area contributed by atoms with Crippen LogP contribution in [0.4, 0.5) is 0 Å². The first-order valence-corrected chi connectivity index (χ1v) is 6.84. The van der Waals surface area contributed by atoms with E-state index >= 15 is 0 Å². The second kappa shape index (κ2) is 4.41. The van der Waals surface area contributed by atoms with Crippen molar-refractivity contribution in [1.82, 2.24) is 4.98 Å². The van der Waals surface area contributed by atoms with E-state index in [1.54, 1.807) is 11.3 Å². The minimum atomic E-state index is 0.0773. The van der Waals surface area contributed by atoms with Crippen molar-refractivity contribution < 1.29 is 5.11 Å². The van der Waals surface area contributed by atoms with Gasteiger partial charge in [0.1, 0.15) is 5.01 Å². The molecule has 0 amide bonds. The average Bonchev–Trinajstić information content (AvgIpc) is 3.10. The smallest absolute Gasteiger partial charge is 0.125 e. The van der Waals surface area contributed by atoms with Gasteiger partial charge in [0.25, 0.3) is 0 Å². The first kappa shape index (κ1) is 11.2. The van der Waals surface area contributed by atoms with E-state index in [2.05, 4.69) is 4.98 Å². The predicted molar refractivity (Wildman–Crippen MR) is 70.5 cm³/mol. The van der Waals surface area contributed by atoms with Crippen LogP contribution in [0.2, 0.25) is 5.02 Å². The van der Waals surface area contributed by atoms with Crippen molar-refractivity contribution >= 4 is 22.9 Å². The standard InChI is InChI=1S/C13H12ClNOS/c14-10-4-2-1-3-9(10)13-15-12(8-5-6-8)11(7-16)17-13/h1-4,8,16H,5-7H2. The molecule has 4 heteroatoms. The van der Waals surface area contributed by atoms with Crippen LogP contribution in [0.25, 0.3) is 10.6 Å². The number of nitrogens with zero attached hydrogens (tertiary/aromatic N) is 1. The van der Waals surface area contributed by atoms with E-state index in [4.69, 9.17) is 11.6 Å². The molecule has 1 heterocycles. The van der Waals surface area contributed by atoms with Gasteiger partial charge in [0, 0.05) is 11.5 Å². The van der Waals surface area contributed by atoms with Crippen LogP contribution in [-0.4, -0.2) is 10.1 Å². The number of aliphatic hydroxyl groups excluding tert-OH is 1. The maximum Gasteiger partial charge on any atom is 0.125 e. The Hall–Kier alpha value is -0.900. The molecule has 1 aromatic carbocycles. The molecule has 88 valence electrons. The Kier molecular flexibility index (Phi) is 2.90. The highest BCUT2D eigenvalue weighted by Gasteiger charge is 2.29. The van der Waals surface area contributed by atoms with Crippen molar-refractivity contribution in [3.8, 4) is 10.6 Å². The van der Waals surface area contributed by atoms with Crippen LogP contribution in [0.1, 0.15) is 29.3 Å². The first-order chi connectivity index (χ1) is 8.29. The van der Waals surface area contributed by atoms with Gasteiger partial charge in [-0.3, -0.25) is 0 Å². The van der Waals surface area contributed by atoms with E-state index < -0.39 is 0 Å². The van der Waals surface area contributed by atoms with E-state index in [1.807, 2.05) is 24.3 Å². The minimum absolute atomic E-state index is 0.0773. The summed E-state index contributed by atoms with van der Waals surface area (Å²) in [5, 5.41) is 11.0. The van der Waals surface area contributed by atoms with E-state index in [0.29, 0.717) is 10.9 Å². The maximum absolute atomic E-state index is 9.36. The van der Waals surface area contributed by atoms with Gasteiger partial charge >= 0.3 is 0 Å². The summed E-state index contributed by atoms with van der Waals surface area (Å²) in [6, 6.07) is 7.71. The Morgan fingerprint density at radius 3 is 2.76 bits per heavy atom. The number of aromatic nitrogens is 1. The third kappa shape index (κ3) is 2.10. The molecule has 1 aromatic heterocycles. The first-order valence-electron chi connectivity index (χ1n) is 5.65. The zero-order valence-electron chi connectivity index (χ0n) is 9.19. The number of halogens is 1. The summed E-state index contributed by atoms with van der Waals surface area (Å²) in [5.41, 5.74) is 2.04. The number of rotatable bonds is 3. The molecule has 0 saturated heterocycles. The lowest BCUT2D eigenvalue weighted by Gasteiger charge is -1.98. The minimum Gasteiger partial charge on any atom is -0.391 e. The SMILES string of the molecule is OCc1sc(-c2ccccc2Cl)nc1C1CC1. The lowest BCUT2D eigenvalue weighted by atomic mass is 10.2. The second-order valence-corrected chi connectivity index (χ2v) is 5.73. The third-order valence-electron chi connectivity index (χ3n) is 2.94. The van der Waals surface area contributed by atoms with Gasteiger partial charge in [-0.15, -0.1) is 11.3 Å². The largest absolute Gasteiger partial charge is 0.391 e. The van der Waals surface area contributed by atoms with Crippen LogP contribution >= 0.6 is 22.9 Å². The quantitative estimate of drug-likeness (QED) is 0.915. The molecule has 1 saturated carbocycles. The van der Waals surface area contributed by atoms with Crippen molar-refractivity contribution in [2.45, 2.75) is 25.4 Å². The molecule has 0 unspecified atom stereocenters. The van der Waals surface area contributed by atoms with E-state index in [9.17, 15) is 5.11 Å². The summed E-state index contributed by atoms with van der Waals surface area (Å²) in [7, 11) is 0. The average molecular weight is 266 g/mol. The van der Waals surface area contributed by atoms with Gasteiger partial charge in [0.2, 0.25) is 0 Å². The molecule has 0 bridgehead atoms. The molecule has 1 aliphatic carbocycles. The summed E-state index contributed by atoms with van der Waals surface area (Å²) < 4.78 is 0. The Bertz CT molecular complexity index is 548. The van der Waals surface area contributed by atoms with Crippen molar-refractivity contribution in [2.75, 3.05) is 0 Å². The van der Waals surface area contributed by atoms with Crippen LogP contribution < -0.4 is 0 Å². The molecular weight excluding hydrogens is 254 g/mol. The highest BCUT2D eigenvalue weighted by molar-refractivity contribution is 7.15. The normalized spacial score (nSPS) is 15.2. The van der Waals surface area contributed by atoms with Crippen molar-refractivity contribution in [2.24, 2.45) is 0 Å². The highest BCUT2D eigenvalue weighted by atomic mass is 35.5. The number of aliphatic hydroxyl groups is 1. The van der Waals surface area contributed by atoms with E-state index in [0.717, 1.165) is 21.1 Å². The molecule has 1 N–H and O–H groups in total. The molecule has 2 aromatic rings. The zero-order chi connectivity index (χ0) is 11.8. The fraction of sp³-hybridized carbons (Fsp3) is 0.308. The Morgan fingerprint density at radius 1 is 1.35 bits per heavy atom. The van der Waals surface area contributed by atoms with Crippen LogP contribution in [0, 0.1) is 0 Å².